The van der Waals surface area contributed by atoms with Gasteiger partial charge in [-0.25, -0.2) is 18.7 Å². The molecule has 1 aromatic heterocycles. The van der Waals surface area contributed by atoms with E-state index >= 15 is 0 Å². The molecular weight excluding hydrogens is 414 g/mol. The van der Waals surface area contributed by atoms with E-state index in [2.05, 4.69) is 32.1 Å². The molecule has 2 N–H and O–H groups in total. The number of anilines is 2. The van der Waals surface area contributed by atoms with E-state index in [1.54, 1.807) is 33.1 Å². The zero-order valence-electron chi connectivity index (χ0n) is 17.7. The first-order valence-electron chi connectivity index (χ1n) is 9.80. The third-order valence-corrected chi connectivity index (χ3v) is 4.62. The molecule has 8 heteroatoms. The second-order valence-electron chi connectivity index (χ2n) is 7.69. The van der Waals surface area contributed by atoms with E-state index in [9.17, 15) is 13.9 Å². The first-order chi connectivity index (χ1) is 15.2. The number of benzene rings is 2. The summed E-state index contributed by atoms with van der Waals surface area (Å²) in [7, 11) is 1.56. The predicted molar refractivity (Wildman–Crippen MR) is 117 cm³/mol. The zero-order valence-corrected chi connectivity index (χ0v) is 17.7. The number of nitrogens with zero attached hydrogens (tertiary/aromatic N) is 3. The van der Waals surface area contributed by atoms with Crippen molar-refractivity contribution in [2.75, 3.05) is 12.4 Å². The summed E-state index contributed by atoms with van der Waals surface area (Å²) >= 11 is 0. The highest BCUT2D eigenvalue weighted by molar-refractivity contribution is 6.15. The summed E-state index contributed by atoms with van der Waals surface area (Å²) in [6.45, 7) is 3.52. The summed E-state index contributed by atoms with van der Waals surface area (Å²) in [6, 6.07) is 8.66. The van der Waals surface area contributed by atoms with Gasteiger partial charge in [0.1, 0.15) is 34.5 Å². The van der Waals surface area contributed by atoms with Crippen LogP contribution in [-0.4, -0.2) is 33.5 Å². The van der Waals surface area contributed by atoms with Gasteiger partial charge in [-0.15, -0.1) is 0 Å². The largest absolute Gasteiger partial charge is 0.496 e. The zero-order chi connectivity index (χ0) is 22.9. The van der Waals surface area contributed by atoms with Crippen LogP contribution in [0.5, 0.6) is 5.75 Å². The third kappa shape index (κ3) is 4.58. The van der Waals surface area contributed by atoms with Gasteiger partial charge in [0.15, 0.2) is 0 Å². The summed E-state index contributed by atoms with van der Waals surface area (Å²) in [5.74, 6) is 5.28. The number of ether oxygens (including phenoxy) is 1. The van der Waals surface area contributed by atoms with Crippen LogP contribution in [0.1, 0.15) is 36.4 Å². The van der Waals surface area contributed by atoms with Gasteiger partial charge in [-0.2, -0.15) is 0 Å². The van der Waals surface area contributed by atoms with Gasteiger partial charge in [-0.1, -0.05) is 11.8 Å². The van der Waals surface area contributed by atoms with E-state index in [1.807, 2.05) is 6.07 Å². The Morgan fingerprint density at radius 2 is 1.97 bits per heavy atom. The monoisotopic (exact) mass is 434 g/mol. The number of rotatable bonds is 4. The van der Waals surface area contributed by atoms with Crippen molar-refractivity contribution in [1.82, 2.24) is 9.97 Å². The minimum atomic E-state index is -1.11. The standard InChI is InChI=1S/C24H20F2N4O2/c1-24(2,31)9-8-14-4-7-20(32-3)16(10-14)22-23-19(12-27-22)30-21(13-28-23)29-18-6-5-15(25)11-17(18)26/h4-7,10-11,13,31H,12H2,1-3H3,(H,29,30). The molecule has 1 aliphatic rings. The minimum Gasteiger partial charge on any atom is -0.496 e. The molecule has 6 nitrogen and oxygen atoms in total. The number of methoxy groups -OCH3 is 1. The maximum Gasteiger partial charge on any atom is 0.149 e. The van der Waals surface area contributed by atoms with Crippen LogP contribution in [0.3, 0.4) is 0 Å². The Morgan fingerprint density at radius 3 is 2.69 bits per heavy atom. The van der Waals surface area contributed by atoms with Crippen molar-refractivity contribution in [2.24, 2.45) is 4.99 Å². The van der Waals surface area contributed by atoms with Crippen molar-refractivity contribution >= 4 is 17.2 Å². The number of fused-ring (bicyclic) bond motifs is 1. The van der Waals surface area contributed by atoms with Gasteiger partial charge in [0.05, 0.1) is 36.9 Å². The van der Waals surface area contributed by atoms with Gasteiger partial charge < -0.3 is 15.2 Å². The number of nitrogens with one attached hydrogen (secondary N) is 1. The number of aliphatic imine (C=N–C) groups is 1. The first-order valence-corrected chi connectivity index (χ1v) is 9.80. The summed E-state index contributed by atoms with van der Waals surface area (Å²) in [6.07, 6.45) is 1.47. The maximum absolute atomic E-state index is 13.9. The smallest absolute Gasteiger partial charge is 0.149 e. The summed E-state index contributed by atoms with van der Waals surface area (Å²) in [4.78, 5) is 13.5. The number of hydrogen-bond donors (Lipinski definition) is 2. The van der Waals surface area contributed by atoms with Crippen molar-refractivity contribution in [2.45, 2.75) is 26.0 Å². The molecule has 0 aliphatic carbocycles. The number of halogens is 2. The van der Waals surface area contributed by atoms with Crippen molar-refractivity contribution < 1.29 is 18.6 Å². The quantitative estimate of drug-likeness (QED) is 0.608. The van der Waals surface area contributed by atoms with Crippen LogP contribution >= 0.6 is 0 Å². The van der Waals surface area contributed by atoms with Crippen molar-refractivity contribution in [3.05, 3.63) is 76.7 Å². The van der Waals surface area contributed by atoms with E-state index in [1.165, 1.54) is 12.3 Å². The molecule has 2 heterocycles. The summed E-state index contributed by atoms with van der Waals surface area (Å²) in [5, 5.41) is 12.7. The molecule has 162 valence electrons. The molecule has 0 amide bonds. The van der Waals surface area contributed by atoms with E-state index in [4.69, 9.17) is 4.74 Å². The fraction of sp³-hybridized carbons (Fsp3) is 0.208. The molecule has 0 saturated heterocycles. The van der Waals surface area contributed by atoms with Crippen LogP contribution < -0.4 is 10.1 Å². The summed E-state index contributed by atoms with van der Waals surface area (Å²) in [5.41, 5.74) is 2.18. The lowest BCUT2D eigenvalue weighted by molar-refractivity contribution is 0.143. The van der Waals surface area contributed by atoms with Crippen molar-refractivity contribution in [3.63, 3.8) is 0 Å². The fourth-order valence-electron chi connectivity index (χ4n) is 3.16. The highest BCUT2D eigenvalue weighted by Gasteiger charge is 2.24. The van der Waals surface area contributed by atoms with Gasteiger partial charge in [-0.05, 0) is 44.2 Å². The second-order valence-corrected chi connectivity index (χ2v) is 7.69. The molecule has 0 unspecified atom stereocenters. The SMILES string of the molecule is COc1ccc(C#CC(C)(C)O)cc1C1=NCc2nc(Nc3ccc(F)cc3F)cnc21. The van der Waals surface area contributed by atoms with E-state index in [0.717, 1.165) is 12.1 Å². The van der Waals surface area contributed by atoms with Crippen LogP contribution in [-0.2, 0) is 6.54 Å². The van der Waals surface area contributed by atoms with Crippen molar-refractivity contribution in [1.29, 1.82) is 0 Å². The minimum absolute atomic E-state index is 0.0968. The average Bonchev–Trinajstić information content (AvgIpc) is 3.16. The molecule has 4 rings (SSSR count). The third-order valence-electron chi connectivity index (χ3n) is 4.62. The Kier molecular flexibility index (Phi) is 5.59. The Labute approximate surface area is 184 Å². The Hall–Kier alpha value is -3.83. The van der Waals surface area contributed by atoms with E-state index in [-0.39, 0.29) is 5.69 Å². The molecule has 0 atom stereocenters. The molecule has 0 saturated carbocycles. The topological polar surface area (TPSA) is 79.6 Å². The average molecular weight is 434 g/mol. The molecule has 0 fully saturated rings. The Bertz CT molecular complexity index is 1290. The number of aliphatic hydroxyl groups is 1. The molecule has 3 aromatic rings. The lowest BCUT2D eigenvalue weighted by atomic mass is 10.0. The van der Waals surface area contributed by atoms with Gasteiger partial charge >= 0.3 is 0 Å². The molecule has 32 heavy (non-hydrogen) atoms. The van der Waals surface area contributed by atoms with Gasteiger partial charge in [0.2, 0.25) is 0 Å². The molecule has 2 aromatic carbocycles. The van der Waals surface area contributed by atoms with Crippen LogP contribution in [0, 0.1) is 23.5 Å². The normalized spacial score (nSPS) is 12.5. The highest BCUT2D eigenvalue weighted by atomic mass is 19.1. The van der Waals surface area contributed by atoms with Crippen molar-refractivity contribution in [3.8, 4) is 17.6 Å². The molecule has 0 radical (unpaired) electrons. The summed E-state index contributed by atoms with van der Waals surface area (Å²) < 4.78 is 32.6. The predicted octanol–water partition coefficient (Wildman–Crippen LogP) is 3.98. The van der Waals surface area contributed by atoms with Crippen LogP contribution in [0.4, 0.5) is 20.3 Å². The van der Waals surface area contributed by atoms with Crippen LogP contribution in [0.25, 0.3) is 0 Å². The lowest BCUT2D eigenvalue weighted by Gasteiger charge is -2.11. The number of hydrogen-bond acceptors (Lipinski definition) is 6. The van der Waals surface area contributed by atoms with Gasteiger partial charge in [0, 0.05) is 17.2 Å². The molecular formula is C24H20F2N4O2. The Balaban J connectivity index is 1.65. The van der Waals surface area contributed by atoms with Gasteiger partial charge in [-0.3, -0.25) is 4.99 Å². The fourth-order valence-corrected chi connectivity index (χ4v) is 3.16. The van der Waals surface area contributed by atoms with Crippen LogP contribution in [0.2, 0.25) is 0 Å². The molecule has 0 spiro atoms. The lowest BCUT2D eigenvalue weighted by Crippen LogP contribution is -2.14. The highest BCUT2D eigenvalue weighted by Crippen LogP contribution is 2.29. The van der Waals surface area contributed by atoms with Crippen LogP contribution in [0.15, 0.2) is 47.6 Å². The molecule has 0 bridgehead atoms. The van der Waals surface area contributed by atoms with Gasteiger partial charge in [0.25, 0.3) is 0 Å². The second kappa shape index (κ2) is 8.36. The Morgan fingerprint density at radius 1 is 1.16 bits per heavy atom. The number of aromatic nitrogens is 2. The molecule has 1 aliphatic heterocycles. The maximum atomic E-state index is 13.9. The van der Waals surface area contributed by atoms with E-state index in [0.29, 0.717) is 46.3 Å². The first kappa shape index (κ1) is 21.4. The van der Waals surface area contributed by atoms with E-state index < -0.39 is 17.2 Å².